The van der Waals surface area contributed by atoms with Crippen molar-refractivity contribution in [2.75, 3.05) is 0 Å². The van der Waals surface area contributed by atoms with Crippen molar-refractivity contribution in [1.82, 2.24) is 9.78 Å². The smallest absolute Gasteiger partial charge is 0.139 e. The number of aromatic hydroxyl groups is 1. The fraction of sp³-hybridized carbons (Fsp3) is 0.364. The molecule has 2 aromatic rings. The SMILES string of the molecule is CC(C)Cn1nc(Br)c2c(O)cccc21. The molecule has 0 aliphatic carbocycles. The van der Waals surface area contributed by atoms with Crippen LogP contribution in [-0.4, -0.2) is 14.9 Å². The normalized spacial score (nSPS) is 11.5. The number of phenols is 1. The van der Waals surface area contributed by atoms with Crippen molar-refractivity contribution in [2.45, 2.75) is 20.4 Å². The molecule has 1 N–H and O–H groups in total. The van der Waals surface area contributed by atoms with Crippen LogP contribution in [0.1, 0.15) is 13.8 Å². The lowest BCUT2D eigenvalue weighted by atomic mass is 10.2. The van der Waals surface area contributed by atoms with Crippen molar-refractivity contribution in [2.24, 2.45) is 5.92 Å². The van der Waals surface area contributed by atoms with E-state index in [1.165, 1.54) is 0 Å². The summed E-state index contributed by atoms with van der Waals surface area (Å²) in [6.45, 7) is 5.14. The van der Waals surface area contributed by atoms with E-state index in [-0.39, 0.29) is 5.75 Å². The predicted molar refractivity (Wildman–Crippen MR) is 63.9 cm³/mol. The highest BCUT2D eigenvalue weighted by molar-refractivity contribution is 9.10. The number of nitrogens with zero attached hydrogens (tertiary/aromatic N) is 2. The zero-order valence-electron chi connectivity index (χ0n) is 8.74. The highest BCUT2D eigenvalue weighted by Gasteiger charge is 2.12. The van der Waals surface area contributed by atoms with E-state index in [2.05, 4.69) is 34.9 Å². The van der Waals surface area contributed by atoms with Gasteiger partial charge in [-0.05, 0) is 34.0 Å². The average Bonchev–Trinajstić information content (AvgIpc) is 2.44. The molecule has 1 heterocycles. The summed E-state index contributed by atoms with van der Waals surface area (Å²) in [4.78, 5) is 0. The first-order valence-electron chi connectivity index (χ1n) is 4.93. The fourth-order valence-electron chi connectivity index (χ4n) is 1.65. The Morgan fingerprint density at radius 1 is 1.47 bits per heavy atom. The predicted octanol–water partition coefficient (Wildman–Crippen LogP) is 3.16. The van der Waals surface area contributed by atoms with Gasteiger partial charge in [0, 0.05) is 6.54 Å². The largest absolute Gasteiger partial charge is 0.507 e. The zero-order valence-corrected chi connectivity index (χ0v) is 10.3. The molecule has 0 fully saturated rings. The first kappa shape index (κ1) is 10.5. The van der Waals surface area contributed by atoms with Gasteiger partial charge in [-0.2, -0.15) is 5.10 Å². The minimum Gasteiger partial charge on any atom is -0.507 e. The van der Waals surface area contributed by atoms with Gasteiger partial charge < -0.3 is 5.11 Å². The first-order chi connectivity index (χ1) is 7.09. The molecule has 0 amide bonds. The Bertz CT molecular complexity index is 491. The van der Waals surface area contributed by atoms with Gasteiger partial charge in [0.25, 0.3) is 0 Å². The second-order valence-electron chi connectivity index (χ2n) is 4.04. The summed E-state index contributed by atoms with van der Waals surface area (Å²) in [5, 5.41) is 14.9. The molecule has 2 rings (SSSR count). The van der Waals surface area contributed by atoms with Crippen LogP contribution in [0.2, 0.25) is 0 Å². The molecule has 1 aromatic heterocycles. The molecule has 1 aromatic carbocycles. The van der Waals surface area contributed by atoms with Crippen LogP contribution in [-0.2, 0) is 6.54 Å². The number of rotatable bonds is 2. The van der Waals surface area contributed by atoms with Crippen LogP contribution in [0.25, 0.3) is 10.9 Å². The summed E-state index contributed by atoms with van der Waals surface area (Å²) in [6.07, 6.45) is 0. The lowest BCUT2D eigenvalue weighted by molar-refractivity contribution is 0.481. The molecule has 80 valence electrons. The molecule has 0 aliphatic heterocycles. The van der Waals surface area contributed by atoms with Crippen molar-refractivity contribution < 1.29 is 5.11 Å². The molecule has 0 saturated carbocycles. The Morgan fingerprint density at radius 3 is 2.87 bits per heavy atom. The number of hydrogen-bond donors (Lipinski definition) is 1. The molecule has 0 radical (unpaired) electrons. The van der Waals surface area contributed by atoms with Gasteiger partial charge in [0.2, 0.25) is 0 Å². The topological polar surface area (TPSA) is 38.0 Å². The first-order valence-corrected chi connectivity index (χ1v) is 5.73. The third-order valence-corrected chi connectivity index (χ3v) is 2.81. The Morgan fingerprint density at radius 2 is 2.20 bits per heavy atom. The summed E-state index contributed by atoms with van der Waals surface area (Å²) >= 11 is 3.37. The van der Waals surface area contributed by atoms with E-state index >= 15 is 0 Å². The van der Waals surface area contributed by atoms with Gasteiger partial charge >= 0.3 is 0 Å². The van der Waals surface area contributed by atoms with Gasteiger partial charge in [0.15, 0.2) is 0 Å². The van der Waals surface area contributed by atoms with Gasteiger partial charge in [-0.15, -0.1) is 0 Å². The molecule has 3 nitrogen and oxygen atoms in total. The number of phenolic OH excluding ortho intramolecular Hbond substituents is 1. The Kier molecular flexibility index (Phi) is 2.69. The van der Waals surface area contributed by atoms with Crippen LogP contribution in [0.5, 0.6) is 5.75 Å². The Balaban J connectivity index is 2.63. The monoisotopic (exact) mass is 268 g/mol. The summed E-state index contributed by atoms with van der Waals surface area (Å²) < 4.78 is 2.63. The Hall–Kier alpha value is -1.03. The van der Waals surface area contributed by atoms with Crippen LogP contribution in [0.15, 0.2) is 22.8 Å². The number of halogens is 1. The standard InChI is InChI=1S/C11H13BrN2O/c1-7(2)6-14-8-4-3-5-9(15)10(8)11(12)13-14/h3-5,7,15H,6H2,1-2H3. The second kappa shape index (κ2) is 3.85. The molecule has 0 saturated heterocycles. The van der Waals surface area contributed by atoms with E-state index in [1.54, 1.807) is 6.07 Å². The molecule has 0 spiro atoms. The van der Waals surface area contributed by atoms with E-state index in [9.17, 15) is 5.11 Å². The highest BCUT2D eigenvalue weighted by atomic mass is 79.9. The number of hydrogen-bond acceptors (Lipinski definition) is 2. The van der Waals surface area contributed by atoms with Crippen molar-refractivity contribution in [3.05, 3.63) is 22.8 Å². The lowest BCUT2D eigenvalue weighted by Gasteiger charge is -2.05. The average molecular weight is 269 g/mol. The van der Waals surface area contributed by atoms with Gasteiger partial charge in [0.1, 0.15) is 10.4 Å². The van der Waals surface area contributed by atoms with Crippen LogP contribution in [0.4, 0.5) is 0 Å². The third kappa shape index (κ3) is 1.86. The molecule has 0 unspecified atom stereocenters. The van der Waals surface area contributed by atoms with Gasteiger partial charge in [-0.25, -0.2) is 0 Å². The maximum absolute atomic E-state index is 9.72. The van der Waals surface area contributed by atoms with Crippen molar-refractivity contribution in [3.63, 3.8) is 0 Å². The lowest BCUT2D eigenvalue weighted by Crippen LogP contribution is -2.05. The van der Waals surface area contributed by atoms with Gasteiger partial charge in [0.05, 0.1) is 10.9 Å². The van der Waals surface area contributed by atoms with Crippen molar-refractivity contribution in [3.8, 4) is 5.75 Å². The van der Waals surface area contributed by atoms with Crippen LogP contribution < -0.4 is 0 Å². The molecule has 4 heteroatoms. The van der Waals surface area contributed by atoms with E-state index < -0.39 is 0 Å². The van der Waals surface area contributed by atoms with E-state index in [0.29, 0.717) is 10.5 Å². The minimum atomic E-state index is 0.273. The molecule has 0 atom stereocenters. The molecular weight excluding hydrogens is 256 g/mol. The molecule has 0 aliphatic rings. The fourth-order valence-corrected chi connectivity index (χ4v) is 2.25. The van der Waals surface area contributed by atoms with Gasteiger partial charge in [-0.3, -0.25) is 4.68 Å². The number of fused-ring (bicyclic) bond motifs is 1. The van der Waals surface area contributed by atoms with Crippen LogP contribution in [0.3, 0.4) is 0 Å². The summed E-state index contributed by atoms with van der Waals surface area (Å²) in [7, 11) is 0. The maximum Gasteiger partial charge on any atom is 0.139 e. The van der Waals surface area contributed by atoms with Crippen molar-refractivity contribution in [1.29, 1.82) is 0 Å². The summed E-state index contributed by atoms with van der Waals surface area (Å²) in [5.41, 5.74) is 0.968. The second-order valence-corrected chi connectivity index (χ2v) is 4.79. The number of benzene rings is 1. The van der Waals surface area contributed by atoms with E-state index in [4.69, 9.17) is 0 Å². The third-order valence-electron chi connectivity index (χ3n) is 2.25. The summed E-state index contributed by atoms with van der Waals surface area (Å²) in [5.74, 6) is 0.803. The quantitative estimate of drug-likeness (QED) is 0.909. The Labute approximate surface area is 96.8 Å². The van der Waals surface area contributed by atoms with Crippen LogP contribution in [0, 0.1) is 5.92 Å². The van der Waals surface area contributed by atoms with E-state index in [0.717, 1.165) is 17.4 Å². The van der Waals surface area contributed by atoms with Crippen molar-refractivity contribution >= 4 is 26.8 Å². The minimum absolute atomic E-state index is 0.273. The van der Waals surface area contributed by atoms with Crippen LogP contribution >= 0.6 is 15.9 Å². The maximum atomic E-state index is 9.72. The zero-order chi connectivity index (χ0) is 11.0. The number of aromatic nitrogens is 2. The molecular formula is C11H13BrN2O. The van der Waals surface area contributed by atoms with E-state index in [1.807, 2.05) is 16.8 Å². The molecule has 15 heavy (non-hydrogen) atoms. The molecule has 0 bridgehead atoms. The van der Waals surface area contributed by atoms with Gasteiger partial charge in [-0.1, -0.05) is 19.9 Å². The summed E-state index contributed by atoms with van der Waals surface area (Å²) in [6, 6.07) is 5.48. The highest BCUT2D eigenvalue weighted by Crippen LogP contribution is 2.31.